The molecule has 8 heteroatoms. The largest absolute Gasteiger partial charge is 0.406 e. The molecule has 0 unspecified atom stereocenters. The van der Waals surface area contributed by atoms with Crippen molar-refractivity contribution in [2.24, 2.45) is 5.73 Å². The fraction of sp³-hybridized carbons (Fsp3) is 0.333. The Morgan fingerprint density at radius 1 is 1.40 bits per heavy atom. The highest BCUT2D eigenvalue weighted by Crippen LogP contribution is 2.19. The highest BCUT2D eigenvalue weighted by Gasteiger charge is 2.33. The number of hydrogen-bond acceptors (Lipinski definition) is 3. The molecule has 0 saturated heterocycles. The number of halogens is 3. The summed E-state index contributed by atoms with van der Waals surface area (Å²) < 4.78 is 38.9. The Morgan fingerprint density at radius 2 is 2.15 bits per heavy atom. The van der Waals surface area contributed by atoms with Gasteiger partial charge in [-0.2, -0.15) is 18.3 Å². The van der Waals surface area contributed by atoms with Crippen LogP contribution in [-0.2, 0) is 0 Å². The third-order valence-corrected chi connectivity index (χ3v) is 2.71. The standard InChI is InChI=1S/C12H13F3N4O/c13-12(14,15)8-18(6-4-16)11(20)9-7-17-19-5-2-1-3-10(9)19/h1-3,5,7H,4,6,8,16H2. The van der Waals surface area contributed by atoms with Gasteiger partial charge in [0.15, 0.2) is 0 Å². The van der Waals surface area contributed by atoms with Crippen LogP contribution in [0.4, 0.5) is 13.2 Å². The molecule has 108 valence electrons. The summed E-state index contributed by atoms with van der Waals surface area (Å²) in [6, 6.07) is 5.01. The van der Waals surface area contributed by atoms with E-state index in [1.165, 1.54) is 10.7 Å². The van der Waals surface area contributed by atoms with Gasteiger partial charge in [0.2, 0.25) is 0 Å². The van der Waals surface area contributed by atoms with Crippen molar-refractivity contribution < 1.29 is 18.0 Å². The molecule has 0 aliphatic rings. The van der Waals surface area contributed by atoms with Crippen LogP contribution >= 0.6 is 0 Å². The minimum Gasteiger partial charge on any atom is -0.329 e. The number of hydrogen-bond donors (Lipinski definition) is 1. The van der Waals surface area contributed by atoms with Crippen molar-refractivity contribution in [1.82, 2.24) is 14.5 Å². The van der Waals surface area contributed by atoms with Crippen LogP contribution in [0.25, 0.3) is 5.52 Å². The zero-order valence-corrected chi connectivity index (χ0v) is 10.5. The third-order valence-electron chi connectivity index (χ3n) is 2.71. The predicted molar refractivity (Wildman–Crippen MR) is 66.2 cm³/mol. The normalized spacial score (nSPS) is 11.8. The summed E-state index contributed by atoms with van der Waals surface area (Å²) in [6.07, 6.45) is -1.59. The molecule has 2 N–H and O–H groups in total. The van der Waals surface area contributed by atoms with E-state index in [4.69, 9.17) is 5.73 Å². The van der Waals surface area contributed by atoms with Gasteiger partial charge in [0, 0.05) is 19.3 Å². The molecular weight excluding hydrogens is 273 g/mol. The Morgan fingerprint density at radius 3 is 2.80 bits per heavy atom. The zero-order chi connectivity index (χ0) is 14.8. The Balaban J connectivity index is 2.31. The van der Waals surface area contributed by atoms with Crippen LogP contribution in [0.15, 0.2) is 30.6 Å². The fourth-order valence-corrected chi connectivity index (χ4v) is 1.89. The van der Waals surface area contributed by atoms with Gasteiger partial charge >= 0.3 is 6.18 Å². The van der Waals surface area contributed by atoms with Crippen LogP contribution in [0.2, 0.25) is 0 Å². The van der Waals surface area contributed by atoms with Gasteiger partial charge in [-0.15, -0.1) is 0 Å². The van der Waals surface area contributed by atoms with E-state index in [0.717, 1.165) is 0 Å². The number of pyridine rings is 1. The van der Waals surface area contributed by atoms with Crippen molar-refractivity contribution in [3.05, 3.63) is 36.2 Å². The number of rotatable bonds is 4. The van der Waals surface area contributed by atoms with E-state index in [2.05, 4.69) is 5.10 Å². The quantitative estimate of drug-likeness (QED) is 0.921. The van der Waals surface area contributed by atoms with Gasteiger partial charge in [-0.25, -0.2) is 4.52 Å². The van der Waals surface area contributed by atoms with Crippen LogP contribution in [0.3, 0.4) is 0 Å². The van der Waals surface area contributed by atoms with Gasteiger partial charge in [0.25, 0.3) is 5.91 Å². The van der Waals surface area contributed by atoms with Gasteiger partial charge in [-0.3, -0.25) is 4.79 Å². The highest BCUT2D eigenvalue weighted by molar-refractivity contribution is 6.00. The SMILES string of the molecule is NCCN(CC(F)(F)F)C(=O)c1cnn2ccccc12. The first-order chi connectivity index (χ1) is 9.42. The molecule has 0 radical (unpaired) electrons. The summed E-state index contributed by atoms with van der Waals surface area (Å²) >= 11 is 0. The lowest BCUT2D eigenvalue weighted by atomic mass is 10.2. The third kappa shape index (κ3) is 3.08. The maximum Gasteiger partial charge on any atom is 0.406 e. The molecule has 2 aromatic rings. The lowest BCUT2D eigenvalue weighted by molar-refractivity contribution is -0.140. The minimum absolute atomic E-state index is 0.0406. The maximum atomic E-state index is 12.5. The summed E-state index contributed by atoms with van der Waals surface area (Å²) in [6.45, 7) is -1.53. The number of fused-ring (bicyclic) bond motifs is 1. The van der Waals surface area contributed by atoms with Gasteiger partial charge in [-0.1, -0.05) is 6.07 Å². The van der Waals surface area contributed by atoms with Crippen molar-refractivity contribution in [2.75, 3.05) is 19.6 Å². The molecule has 0 spiro atoms. The number of nitrogens with two attached hydrogens (primary N) is 1. The molecule has 0 fully saturated rings. The number of carbonyl (C=O) groups excluding carboxylic acids is 1. The molecule has 2 heterocycles. The first-order valence-electron chi connectivity index (χ1n) is 5.91. The van der Waals surface area contributed by atoms with Crippen molar-refractivity contribution in [1.29, 1.82) is 0 Å². The summed E-state index contributed by atoms with van der Waals surface area (Å²) in [5, 5.41) is 3.94. The number of alkyl halides is 3. The van der Waals surface area contributed by atoms with E-state index in [1.54, 1.807) is 24.4 Å². The van der Waals surface area contributed by atoms with Gasteiger partial charge in [0.1, 0.15) is 6.54 Å². The average Bonchev–Trinajstić information content (AvgIpc) is 2.79. The van der Waals surface area contributed by atoms with E-state index in [9.17, 15) is 18.0 Å². The summed E-state index contributed by atoms with van der Waals surface area (Å²) in [7, 11) is 0. The zero-order valence-electron chi connectivity index (χ0n) is 10.5. The van der Waals surface area contributed by atoms with Gasteiger partial charge in [0.05, 0.1) is 17.3 Å². The summed E-state index contributed by atoms with van der Waals surface area (Å²) in [5.74, 6) is -0.728. The second-order valence-corrected chi connectivity index (χ2v) is 4.22. The Kier molecular flexibility index (Phi) is 3.93. The molecule has 5 nitrogen and oxygen atoms in total. The van der Waals surface area contributed by atoms with Crippen molar-refractivity contribution >= 4 is 11.4 Å². The maximum absolute atomic E-state index is 12.5. The fourth-order valence-electron chi connectivity index (χ4n) is 1.89. The monoisotopic (exact) mass is 286 g/mol. The Labute approximate surface area is 112 Å². The number of carbonyl (C=O) groups is 1. The summed E-state index contributed by atoms with van der Waals surface area (Å²) in [5.41, 5.74) is 5.86. The Hall–Kier alpha value is -2.09. The van der Waals surface area contributed by atoms with E-state index >= 15 is 0 Å². The second kappa shape index (κ2) is 5.49. The number of aromatic nitrogens is 2. The lowest BCUT2D eigenvalue weighted by Crippen LogP contribution is -2.41. The van der Waals surface area contributed by atoms with Crippen LogP contribution in [0.5, 0.6) is 0 Å². The molecule has 0 aliphatic carbocycles. The van der Waals surface area contributed by atoms with Crippen LogP contribution in [0.1, 0.15) is 10.4 Å². The lowest BCUT2D eigenvalue weighted by Gasteiger charge is -2.22. The first-order valence-corrected chi connectivity index (χ1v) is 5.91. The molecule has 2 aromatic heterocycles. The molecule has 0 aliphatic heterocycles. The van der Waals surface area contributed by atoms with Crippen LogP contribution in [-0.4, -0.2) is 46.2 Å². The molecule has 0 bridgehead atoms. The van der Waals surface area contributed by atoms with E-state index in [1.807, 2.05) is 0 Å². The average molecular weight is 286 g/mol. The molecule has 0 aromatic carbocycles. The van der Waals surface area contributed by atoms with E-state index in [0.29, 0.717) is 10.4 Å². The molecule has 2 rings (SSSR count). The molecule has 1 amide bonds. The smallest absolute Gasteiger partial charge is 0.329 e. The van der Waals surface area contributed by atoms with E-state index in [-0.39, 0.29) is 18.7 Å². The molecule has 20 heavy (non-hydrogen) atoms. The minimum atomic E-state index is -4.46. The van der Waals surface area contributed by atoms with Crippen molar-refractivity contribution in [3.8, 4) is 0 Å². The van der Waals surface area contributed by atoms with E-state index < -0.39 is 18.6 Å². The molecule has 0 atom stereocenters. The highest BCUT2D eigenvalue weighted by atomic mass is 19.4. The van der Waals surface area contributed by atoms with Crippen molar-refractivity contribution in [3.63, 3.8) is 0 Å². The van der Waals surface area contributed by atoms with Gasteiger partial charge in [-0.05, 0) is 12.1 Å². The van der Waals surface area contributed by atoms with Crippen molar-refractivity contribution in [2.45, 2.75) is 6.18 Å². The second-order valence-electron chi connectivity index (χ2n) is 4.22. The van der Waals surface area contributed by atoms with Crippen LogP contribution < -0.4 is 5.73 Å². The van der Waals surface area contributed by atoms with Crippen LogP contribution in [0, 0.1) is 0 Å². The Bertz CT molecular complexity index is 608. The number of nitrogens with zero attached hydrogens (tertiary/aromatic N) is 3. The topological polar surface area (TPSA) is 63.6 Å². The molecular formula is C12H13F3N4O. The first kappa shape index (κ1) is 14.3. The molecule has 0 saturated carbocycles. The predicted octanol–water partition coefficient (Wildman–Crippen LogP) is 1.30. The summed E-state index contributed by atoms with van der Waals surface area (Å²) in [4.78, 5) is 12.9. The number of amides is 1. The van der Waals surface area contributed by atoms with Gasteiger partial charge < -0.3 is 10.6 Å².